The maximum Gasteiger partial charge on any atom is 0.304 e. The van der Waals surface area contributed by atoms with Gasteiger partial charge in [-0.3, -0.25) is 9.59 Å². The maximum absolute atomic E-state index is 13.4. The molecule has 4 rings (SSSR count). The van der Waals surface area contributed by atoms with Gasteiger partial charge < -0.3 is 15.4 Å². The number of hydrogen-bond donors (Lipinski definition) is 3. The number of carboxylic acids is 1. The Kier molecular flexibility index (Phi) is 4.14. The Balaban J connectivity index is 1.59. The second-order valence-corrected chi connectivity index (χ2v) is 6.72. The Bertz CT molecular complexity index is 1020. The van der Waals surface area contributed by atoms with Crippen LogP contribution in [0.4, 0.5) is 8.78 Å². The van der Waals surface area contributed by atoms with Gasteiger partial charge in [0.05, 0.1) is 6.42 Å². The van der Waals surface area contributed by atoms with E-state index >= 15 is 0 Å². The standard InChI is InChI=1S/C20H16F2N2O3/c21-14-5-11-7-18(23-16(11)9-15(14)22)20(27)24-17-6-10-3-1-2-4-12(10)13(17)8-19(25)26/h1-5,7,9,13,17,23H,6,8H2,(H,24,27)(H,25,26)/t13-,17-/m1/s1. The second-order valence-electron chi connectivity index (χ2n) is 6.72. The van der Waals surface area contributed by atoms with Crippen molar-refractivity contribution in [2.75, 3.05) is 0 Å². The molecule has 7 heteroatoms. The Morgan fingerprint density at radius 1 is 1.15 bits per heavy atom. The van der Waals surface area contributed by atoms with E-state index in [4.69, 9.17) is 0 Å². The highest BCUT2D eigenvalue weighted by Crippen LogP contribution is 2.36. The van der Waals surface area contributed by atoms with E-state index in [-0.39, 0.29) is 24.1 Å². The van der Waals surface area contributed by atoms with E-state index in [2.05, 4.69) is 10.3 Å². The zero-order valence-electron chi connectivity index (χ0n) is 14.1. The number of carboxylic acid groups (broad SMARTS) is 1. The van der Waals surface area contributed by atoms with E-state index < -0.39 is 23.5 Å². The molecule has 1 aromatic heterocycles. The first-order valence-electron chi connectivity index (χ1n) is 8.50. The molecule has 0 bridgehead atoms. The number of amides is 1. The van der Waals surface area contributed by atoms with Gasteiger partial charge in [0.2, 0.25) is 0 Å². The highest BCUT2D eigenvalue weighted by atomic mass is 19.2. The molecule has 5 nitrogen and oxygen atoms in total. The summed E-state index contributed by atoms with van der Waals surface area (Å²) in [6.45, 7) is 0. The van der Waals surface area contributed by atoms with Crippen molar-refractivity contribution in [2.45, 2.75) is 24.8 Å². The normalized spacial score (nSPS) is 18.4. The average Bonchev–Trinajstić information content (AvgIpc) is 3.17. The van der Waals surface area contributed by atoms with Crippen molar-refractivity contribution >= 4 is 22.8 Å². The van der Waals surface area contributed by atoms with Crippen molar-refractivity contribution < 1.29 is 23.5 Å². The van der Waals surface area contributed by atoms with Gasteiger partial charge in [0.1, 0.15) is 5.69 Å². The summed E-state index contributed by atoms with van der Waals surface area (Å²) in [5.41, 5.74) is 2.41. The number of H-pyrrole nitrogens is 1. The molecule has 138 valence electrons. The number of benzene rings is 2. The van der Waals surface area contributed by atoms with Crippen molar-refractivity contribution in [1.29, 1.82) is 0 Å². The number of nitrogens with one attached hydrogen (secondary N) is 2. The first-order chi connectivity index (χ1) is 12.9. The Morgan fingerprint density at radius 3 is 2.67 bits per heavy atom. The van der Waals surface area contributed by atoms with Crippen LogP contribution < -0.4 is 5.32 Å². The molecular weight excluding hydrogens is 354 g/mol. The molecule has 3 N–H and O–H groups in total. The zero-order valence-corrected chi connectivity index (χ0v) is 14.1. The van der Waals surface area contributed by atoms with Crippen LogP contribution >= 0.6 is 0 Å². The van der Waals surface area contributed by atoms with E-state index in [9.17, 15) is 23.5 Å². The van der Waals surface area contributed by atoms with Gasteiger partial charge in [0.15, 0.2) is 11.6 Å². The van der Waals surface area contributed by atoms with Crippen LogP contribution in [-0.4, -0.2) is 28.0 Å². The van der Waals surface area contributed by atoms with Crippen molar-refractivity contribution in [3.8, 4) is 0 Å². The van der Waals surface area contributed by atoms with E-state index in [1.807, 2.05) is 24.3 Å². The third kappa shape index (κ3) is 3.16. The quantitative estimate of drug-likeness (QED) is 0.659. The minimum atomic E-state index is -0.996. The second kappa shape index (κ2) is 6.50. The van der Waals surface area contributed by atoms with Crippen molar-refractivity contribution in [3.63, 3.8) is 0 Å². The molecule has 1 aliphatic carbocycles. The summed E-state index contributed by atoms with van der Waals surface area (Å²) in [6.07, 6.45) is 0.439. The van der Waals surface area contributed by atoms with E-state index in [1.165, 1.54) is 6.07 Å². The highest BCUT2D eigenvalue weighted by Gasteiger charge is 2.35. The highest BCUT2D eigenvalue weighted by molar-refractivity contribution is 5.98. The lowest BCUT2D eigenvalue weighted by atomic mass is 9.94. The number of rotatable bonds is 4. The summed E-state index contributed by atoms with van der Waals surface area (Å²) in [5, 5.41) is 12.5. The summed E-state index contributed by atoms with van der Waals surface area (Å²) < 4.78 is 26.7. The molecule has 1 aliphatic rings. The van der Waals surface area contributed by atoms with Crippen LogP contribution in [0.3, 0.4) is 0 Å². The molecule has 27 heavy (non-hydrogen) atoms. The number of hydrogen-bond acceptors (Lipinski definition) is 2. The maximum atomic E-state index is 13.4. The van der Waals surface area contributed by atoms with Gasteiger partial charge in [-0.2, -0.15) is 0 Å². The van der Waals surface area contributed by atoms with E-state index in [0.717, 1.165) is 23.3 Å². The minimum Gasteiger partial charge on any atom is -0.481 e. The van der Waals surface area contributed by atoms with E-state index in [1.54, 1.807) is 0 Å². The monoisotopic (exact) mass is 370 g/mol. The van der Waals surface area contributed by atoms with Gasteiger partial charge in [0, 0.05) is 28.9 Å². The number of fused-ring (bicyclic) bond motifs is 2. The third-order valence-electron chi connectivity index (χ3n) is 5.00. The van der Waals surface area contributed by atoms with Crippen LogP contribution in [0.2, 0.25) is 0 Å². The molecule has 1 heterocycles. The fourth-order valence-corrected chi connectivity index (χ4v) is 3.76. The Hall–Kier alpha value is -3.22. The fraction of sp³-hybridized carbons (Fsp3) is 0.200. The van der Waals surface area contributed by atoms with Crippen LogP contribution in [0.5, 0.6) is 0 Å². The van der Waals surface area contributed by atoms with Gasteiger partial charge >= 0.3 is 5.97 Å². The predicted molar refractivity (Wildman–Crippen MR) is 94.6 cm³/mol. The first-order valence-corrected chi connectivity index (χ1v) is 8.50. The molecule has 0 saturated carbocycles. The lowest BCUT2D eigenvalue weighted by Gasteiger charge is -2.20. The molecule has 2 aromatic carbocycles. The fourth-order valence-electron chi connectivity index (χ4n) is 3.76. The number of carbonyl (C=O) groups excluding carboxylic acids is 1. The molecule has 0 spiro atoms. The SMILES string of the molecule is O=C(O)C[C@@H]1c2ccccc2C[C@H]1NC(=O)c1cc2cc(F)c(F)cc2[nH]1. The van der Waals surface area contributed by atoms with Gasteiger partial charge in [-0.1, -0.05) is 24.3 Å². The van der Waals surface area contributed by atoms with Crippen molar-refractivity contribution in [3.05, 3.63) is 70.9 Å². The van der Waals surface area contributed by atoms with Crippen LogP contribution in [0, 0.1) is 11.6 Å². The van der Waals surface area contributed by atoms with Crippen LogP contribution in [0.1, 0.15) is 34.0 Å². The number of halogens is 2. The van der Waals surface area contributed by atoms with Crippen molar-refractivity contribution in [2.24, 2.45) is 0 Å². The van der Waals surface area contributed by atoms with Gasteiger partial charge in [-0.25, -0.2) is 8.78 Å². The number of aromatic nitrogens is 1. The number of aromatic amines is 1. The molecular formula is C20H16F2N2O3. The average molecular weight is 370 g/mol. The molecule has 0 saturated heterocycles. The topological polar surface area (TPSA) is 82.2 Å². The summed E-state index contributed by atoms with van der Waals surface area (Å²) in [4.78, 5) is 26.7. The third-order valence-corrected chi connectivity index (χ3v) is 5.00. The summed E-state index contributed by atoms with van der Waals surface area (Å²) >= 11 is 0. The van der Waals surface area contributed by atoms with Gasteiger partial charge in [-0.15, -0.1) is 0 Å². The zero-order chi connectivity index (χ0) is 19.1. The lowest BCUT2D eigenvalue weighted by molar-refractivity contribution is -0.137. The molecule has 1 amide bonds. The Labute approximate surface area is 153 Å². The van der Waals surface area contributed by atoms with E-state index in [0.29, 0.717) is 17.3 Å². The lowest BCUT2D eigenvalue weighted by Crippen LogP contribution is -2.38. The summed E-state index contributed by atoms with van der Waals surface area (Å²) in [5.74, 6) is -3.69. The van der Waals surface area contributed by atoms with Crippen LogP contribution in [0.25, 0.3) is 10.9 Å². The number of carbonyl (C=O) groups is 2. The van der Waals surface area contributed by atoms with Gasteiger partial charge in [-0.05, 0) is 29.7 Å². The Morgan fingerprint density at radius 2 is 1.89 bits per heavy atom. The minimum absolute atomic E-state index is 0.0922. The smallest absolute Gasteiger partial charge is 0.304 e. The largest absolute Gasteiger partial charge is 0.481 e. The van der Waals surface area contributed by atoms with Crippen LogP contribution in [-0.2, 0) is 11.2 Å². The molecule has 0 fully saturated rings. The molecule has 3 aromatic rings. The molecule has 0 unspecified atom stereocenters. The number of aliphatic carboxylic acids is 1. The van der Waals surface area contributed by atoms with Crippen LogP contribution in [0.15, 0.2) is 42.5 Å². The molecule has 0 radical (unpaired) electrons. The molecule has 2 atom stereocenters. The first kappa shape index (κ1) is 17.2. The predicted octanol–water partition coefficient (Wildman–Crippen LogP) is 3.36. The summed E-state index contributed by atoms with van der Waals surface area (Å²) in [7, 11) is 0. The van der Waals surface area contributed by atoms with Gasteiger partial charge in [0.25, 0.3) is 5.91 Å². The van der Waals surface area contributed by atoms with Crippen molar-refractivity contribution in [1.82, 2.24) is 10.3 Å². The summed E-state index contributed by atoms with van der Waals surface area (Å²) in [6, 6.07) is 10.6. The molecule has 0 aliphatic heterocycles.